The van der Waals surface area contributed by atoms with Gasteiger partial charge in [0.05, 0.1) is 0 Å². The molecule has 0 aliphatic rings. The zero-order valence-electron chi connectivity index (χ0n) is 13.7. The fraction of sp³-hybridized carbons (Fsp3) is 0.312. The molecule has 9 heteroatoms. The van der Waals surface area contributed by atoms with E-state index in [2.05, 4.69) is 20.6 Å². The number of benzene rings is 1. The fourth-order valence-electron chi connectivity index (χ4n) is 2.48. The molecule has 3 rings (SSSR count). The zero-order chi connectivity index (χ0) is 18.4. The first-order chi connectivity index (χ1) is 11.7. The molecule has 0 amide bonds. The molecule has 25 heavy (non-hydrogen) atoms. The van der Waals surface area contributed by atoms with Crippen molar-refractivity contribution in [1.29, 1.82) is 0 Å². The summed E-state index contributed by atoms with van der Waals surface area (Å²) in [5, 5.41) is 13.8. The maximum absolute atomic E-state index is 13.3. The van der Waals surface area contributed by atoms with Crippen LogP contribution in [0.1, 0.15) is 28.1 Å². The van der Waals surface area contributed by atoms with Gasteiger partial charge in [-0.15, -0.1) is 15.3 Å². The monoisotopic (exact) mass is 353 g/mol. The summed E-state index contributed by atoms with van der Waals surface area (Å²) in [6.45, 7) is 5.34. The van der Waals surface area contributed by atoms with Gasteiger partial charge in [-0.25, -0.2) is 4.39 Å². The Bertz CT molecular complexity index is 946. The highest BCUT2D eigenvalue weighted by atomic mass is 19.4. The number of fused-ring (bicyclic) bond motifs is 1. The number of nitrogens with zero attached hydrogens (tertiary/aromatic N) is 4. The largest absolute Gasteiger partial charge is 0.453 e. The molecular formula is C16H15F4N5. The van der Waals surface area contributed by atoms with Crippen molar-refractivity contribution in [3.8, 4) is 0 Å². The van der Waals surface area contributed by atoms with Gasteiger partial charge in [0.2, 0.25) is 0 Å². The molecule has 5 nitrogen and oxygen atoms in total. The summed E-state index contributed by atoms with van der Waals surface area (Å²) in [5.74, 6) is -1.20. The molecule has 0 radical (unpaired) electrons. The molecule has 0 spiro atoms. The molecule has 0 atom stereocenters. The van der Waals surface area contributed by atoms with E-state index < -0.39 is 12.0 Å². The number of aromatic nitrogens is 4. The van der Waals surface area contributed by atoms with Crippen LogP contribution < -0.4 is 5.32 Å². The molecule has 0 aliphatic heterocycles. The lowest BCUT2D eigenvalue weighted by Crippen LogP contribution is -2.15. The smallest absolute Gasteiger partial charge is 0.364 e. The molecule has 1 N–H and O–H groups in total. The van der Waals surface area contributed by atoms with Crippen molar-refractivity contribution in [3.63, 3.8) is 0 Å². The van der Waals surface area contributed by atoms with E-state index in [9.17, 15) is 17.6 Å². The molecule has 0 unspecified atom stereocenters. The predicted molar refractivity (Wildman–Crippen MR) is 83.7 cm³/mol. The van der Waals surface area contributed by atoms with Crippen LogP contribution in [0.4, 0.5) is 23.4 Å². The second-order valence-corrected chi connectivity index (χ2v) is 5.79. The number of anilines is 1. The van der Waals surface area contributed by atoms with E-state index in [4.69, 9.17) is 0 Å². The maximum Gasteiger partial charge on any atom is 0.453 e. The van der Waals surface area contributed by atoms with Gasteiger partial charge in [-0.05, 0) is 43.5 Å². The molecule has 1 aromatic carbocycles. The third kappa shape index (κ3) is 3.13. The number of aryl methyl sites for hydroxylation is 2. The summed E-state index contributed by atoms with van der Waals surface area (Å²) in [5.41, 5.74) is 2.57. The molecule has 0 saturated carbocycles. The van der Waals surface area contributed by atoms with Crippen LogP contribution in [-0.4, -0.2) is 19.8 Å². The van der Waals surface area contributed by atoms with Gasteiger partial charge < -0.3 is 5.32 Å². The Morgan fingerprint density at radius 3 is 2.44 bits per heavy atom. The Kier molecular flexibility index (Phi) is 4.09. The lowest BCUT2D eigenvalue weighted by molar-refractivity contribution is -0.146. The van der Waals surface area contributed by atoms with E-state index in [-0.39, 0.29) is 17.3 Å². The summed E-state index contributed by atoms with van der Waals surface area (Å²) < 4.78 is 53.1. The number of hydrogen-bond acceptors (Lipinski definition) is 4. The molecule has 2 aromatic heterocycles. The van der Waals surface area contributed by atoms with Crippen LogP contribution >= 0.6 is 0 Å². The molecule has 2 heterocycles. The van der Waals surface area contributed by atoms with E-state index in [1.807, 2.05) is 0 Å². The molecule has 3 aromatic rings. The van der Waals surface area contributed by atoms with Crippen molar-refractivity contribution in [1.82, 2.24) is 19.8 Å². The third-order valence-corrected chi connectivity index (χ3v) is 4.03. The minimum absolute atomic E-state index is 0.0630. The van der Waals surface area contributed by atoms with E-state index >= 15 is 0 Å². The summed E-state index contributed by atoms with van der Waals surface area (Å²) in [6.07, 6.45) is -4.65. The van der Waals surface area contributed by atoms with Crippen molar-refractivity contribution in [3.05, 3.63) is 52.1 Å². The Morgan fingerprint density at radius 1 is 1.08 bits per heavy atom. The molecule has 0 saturated heterocycles. The Morgan fingerprint density at radius 2 is 1.80 bits per heavy atom. The Hall–Kier alpha value is -2.71. The number of rotatable bonds is 3. The van der Waals surface area contributed by atoms with Gasteiger partial charge in [0.15, 0.2) is 11.5 Å². The Labute approximate surface area is 140 Å². The van der Waals surface area contributed by atoms with E-state index in [0.29, 0.717) is 27.8 Å². The van der Waals surface area contributed by atoms with Gasteiger partial charge in [0.25, 0.3) is 5.82 Å². The summed E-state index contributed by atoms with van der Waals surface area (Å²) >= 11 is 0. The first kappa shape index (κ1) is 17.1. The first-order valence-corrected chi connectivity index (χ1v) is 7.47. The highest BCUT2D eigenvalue weighted by Crippen LogP contribution is 2.29. The van der Waals surface area contributed by atoms with Gasteiger partial charge in [-0.3, -0.25) is 0 Å². The van der Waals surface area contributed by atoms with Crippen molar-refractivity contribution >= 4 is 11.5 Å². The second-order valence-electron chi connectivity index (χ2n) is 5.79. The maximum atomic E-state index is 13.3. The number of nitrogens with one attached hydrogen (secondary N) is 1. The average molecular weight is 353 g/mol. The summed E-state index contributed by atoms with van der Waals surface area (Å²) in [4.78, 5) is 0. The van der Waals surface area contributed by atoms with Crippen molar-refractivity contribution in [2.45, 2.75) is 33.5 Å². The normalized spacial score (nSPS) is 12.0. The van der Waals surface area contributed by atoms with Crippen LogP contribution in [0.3, 0.4) is 0 Å². The molecule has 0 bridgehead atoms. The van der Waals surface area contributed by atoms with Crippen LogP contribution in [-0.2, 0) is 12.7 Å². The topological polar surface area (TPSA) is 55.1 Å². The zero-order valence-corrected chi connectivity index (χ0v) is 13.7. The van der Waals surface area contributed by atoms with Crippen LogP contribution in [0, 0.1) is 26.6 Å². The molecule has 132 valence electrons. The highest BCUT2D eigenvalue weighted by Gasteiger charge is 2.38. The predicted octanol–water partition coefficient (Wildman–Crippen LogP) is 3.82. The average Bonchev–Trinajstić information content (AvgIpc) is 2.97. The summed E-state index contributed by atoms with van der Waals surface area (Å²) in [6, 6.07) is 4.63. The van der Waals surface area contributed by atoms with Gasteiger partial charge in [0, 0.05) is 12.1 Å². The van der Waals surface area contributed by atoms with Gasteiger partial charge in [-0.1, -0.05) is 12.1 Å². The van der Waals surface area contributed by atoms with Gasteiger partial charge in [0.1, 0.15) is 5.82 Å². The highest BCUT2D eigenvalue weighted by molar-refractivity contribution is 5.58. The molecule has 0 fully saturated rings. The van der Waals surface area contributed by atoms with E-state index in [0.717, 1.165) is 5.56 Å². The van der Waals surface area contributed by atoms with Crippen LogP contribution in [0.25, 0.3) is 5.65 Å². The number of alkyl halides is 3. The van der Waals surface area contributed by atoms with Crippen molar-refractivity contribution in [2.75, 3.05) is 5.32 Å². The van der Waals surface area contributed by atoms with Crippen molar-refractivity contribution in [2.24, 2.45) is 0 Å². The second kappa shape index (κ2) is 5.98. The van der Waals surface area contributed by atoms with Gasteiger partial charge >= 0.3 is 6.18 Å². The van der Waals surface area contributed by atoms with E-state index in [1.165, 1.54) is 6.07 Å². The van der Waals surface area contributed by atoms with Crippen molar-refractivity contribution < 1.29 is 17.6 Å². The quantitative estimate of drug-likeness (QED) is 0.728. The Balaban J connectivity index is 1.98. The standard InChI is InChI=1S/C16H15F4N5/c1-8-6-11(4-5-12(8)17)7-21-13-9(2)10(3)14-22-23-15(16(18,19)20)25(14)24-13/h4-6H,7H2,1-3H3,(H,21,24). The lowest BCUT2D eigenvalue weighted by atomic mass is 10.1. The summed E-state index contributed by atoms with van der Waals surface area (Å²) in [7, 11) is 0. The minimum atomic E-state index is -4.65. The van der Waals surface area contributed by atoms with Crippen LogP contribution in [0.2, 0.25) is 0 Å². The van der Waals surface area contributed by atoms with Gasteiger partial charge in [-0.2, -0.15) is 17.7 Å². The number of halogens is 4. The molecular weight excluding hydrogens is 338 g/mol. The SMILES string of the molecule is Cc1cc(CNc2nn3c(C(F)(F)F)nnc3c(C)c2C)ccc1F. The van der Waals surface area contributed by atoms with Crippen LogP contribution in [0.5, 0.6) is 0 Å². The number of hydrogen-bond donors (Lipinski definition) is 1. The first-order valence-electron chi connectivity index (χ1n) is 7.47. The third-order valence-electron chi connectivity index (χ3n) is 4.03. The van der Waals surface area contributed by atoms with Crippen LogP contribution in [0.15, 0.2) is 18.2 Å². The molecule has 0 aliphatic carbocycles. The lowest BCUT2D eigenvalue weighted by Gasteiger charge is -2.13. The minimum Gasteiger partial charge on any atom is -0.364 e. The fourth-order valence-corrected chi connectivity index (χ4v) is 2.48. The van der Waals surface area contributed by atoms with E-state index in [1.54, 1.807) is 32.9 Å².